The van der Waals surface area contributed by atoms with Crippen LogP contribution in [0.5, 0.6) is 11.5 Å². The van der Waals surface area contributed by atoms with Gasteiger partial charge in [-0.15, -0.1) is 11.3 Å². The van der Waals surface area contributed by atoms with Crippen molar-refractivity contribution in [1.29, 1.82) is 0 Å². The molecule has 1 N–H and O–H groups in total. The minimum Gasteiger partial charge on any atom is -0.493 e. The van der Waals surface area contributed by atoms with E-state index < -0.39 is 0 Å². The average Bonchev–Trinajstić information content (AvgIpc) is 2.88. The van der Waals surface area contributed by atoms with E-state index in [2.05, 4.69) is 17.2 Å². The zero-order valence-electron chi connectivity index (χ0n) is 12.4. The van der Waals surface area contributed by atoms with Gasteiger partial charge >= 0.3 is 0 Å². The molecule has 0 aliphatic carbocycles. The summed E-state index contributed by atoms with van der Waals surface area (Å²) in [6.07, 6.45) is 1.84. The molecule has 6 heteroatoms. The molecule has 0 fully saturated rings. The molecular formula is C15H19ClN2O2S. The van der Waals surface area contributed by atoms with E-state index in [-0.39, 0.29) is 0 Å². The normalized spacial score (nSPS) is 10.7. The van der Waals surface area contributed by atoms with Crippen LogP contribution in [0.15, 0.2) is 18.3 Å². The first kappa shape index (κ1) is 16.1. The summed E-state index contributed by atoms with van der Waals surface area (Å²) in [7, 11) is 1.62. The number of aryl methyl sites for hydroxylation is 1. The molecule has 2 aromatic rings. The van der Waals surface area contributed by atoms with Gasteiger partial charge in [0.15, 0.2) is 11.5 Å². The van der Waals surface area contributed by atoms with E-state index in [1.807, 2.05) is 19.2 Å². The fourth-order valence-corrected chi connectivity index (χ4v) is 2.88. The van der Waals surface area contributed by atoms with Gasteiger partial charge in [0.2, 0.25) is 0 Å². The standard InChI is InChI=1S/C15H19ClN2O2S/c1-4-17-7-11-5-12(16)6-14(19-3)15(11)20-9-13-8-18-10(2)21-13/h5-6,8,17H,4,7,9H2,1-3H3. The predicted octanol–water partition coefficient (Wildman–Crippen LogP) is 3.80. The highest BCUT2D eigenvalue weighted by atomic mass is 35.5. The van der Waals surface area contributed by atoms with Crippen LogP contribution in [-0.2, 0) is 13.2 Å². The van der Waals surface area contributed by atoms with Crippen molar-refractivity contribution in [3.8, 4) is 11.5 Å². The third-order valence-electron chi connectivity index (χ3n) is 2.91. The molecule has 2 rings (SSSR count). The summed E-state index contributed by atoms with van der Waals surface area (Å²) < 4.78 is 11.3. The predicted molar refractivity (Wildman–Crippen MR) is 86.6 cm³/mol. The lowest BCUT2D eigenvalue weighted by atomic mass is 10.2. The first-order valence-corrected chi connectivity index (χ1v) is 7.94. The molecular weight excluding hydrogens is 308 g/mol. The van der Waals surface area contributed by atoms with Crippen LogP contribution in [-0.4, -0.2) is 18.6 Å². The Morgan fingerprint density at radius 3 is 2.81 bits per heavy atom. The van der Waals surface area contributed by atoms with Gasteiger partial charge in [-0.1, -0.05) is 18.5 Å². The van der Waals surface area contributed by atoms with Crippen molar-refractivity contribution in [3.63, 3.8) is 0 Å². The van der Waals surface area contributed by atoms with Crippen LogP contribution in [0, 0.1) is 6.92 Å². The molecule has 4 nitrogen and oxygen atoms in total. The molecule has 114 valence electrons. The SMILES string of the molecule is CCNCc1cc(Cl)cc(OC)c1OCc1cnc(C)s1. The zero-order valence-corrected chi connectivity index (χ0v) is 14.0. The van der Waals surface area contributed by atoms with Gasteiger partial charge in [0, 0.05) is 29.4 Å². The van der Waals surface area contributed by atoms with E-state index >= 15 is 0 Å². The number of methoxy groups -OCH3 is 1. The van der Waals surface area contributed by atoms with Crippen molar-refractivity contribution in [2.45, 2.75) is 27.0 Å². The Bertz CT molecular complexity index is 601. The topological polar surface area (TPSA) is 43.4 Å². The molecule has 0 saturated heterocycles. The van der Waals surface area contributed by atoms with Crippen molar-refractivity contribution in [2.75, 3.05) is 13.7 Å². The highest BCUT2D eigenvalue weighted by Gasteiger charge is 2.13. The van der Waals surface area contributed by atoms with Gasteiger partial charge in [0.05, 0.1) is 17.0 Å². The minimum absolute atomic E-state index is 0.475. The Hall–Kier alpha value is -1.30. The van der Waals surface area contributed by atoms with Crippen molar-refractivity contribution in [1.82, 2.24) is 10.3 Å². The highest BCUT2D eigenvalue weighted by molar-refractivity contribution is 7.11. The molecule has 1 heterocycles. The molecule has 1 aromatic heterocycles. The fourth-order valence-electron chi connectivity index (χ4n) is 1.94. The molecule has 0 aliphatic heterocycles. The monoisotopic (exact) mass is 326 g/mol. The maximum absolute atomic E-state index is 6.13. The summed E-state index contributed by atoms with van der Waals surface area (Å²) >= 11 is 7.76. The van der Waals surface area contributed by atoms with Gasteiger partial charge in [-0.2, -0.15) is 0 Å². The van der Waals surface area contributed by atoms with E-state index in [0.717, 1.165) is 27.7 Å². The van der Waals surface area contributed by atoms with Crippen molar-refractivity contribution >= 4 is 22.9 Å². The second-order valence-electron chi connectivity index (χ2n) is 4.51. The van der Waals surface area contributed by atoms with Gasteiger partial charge in [0.1, 0.15) is 6.61 Å². The van der Waals surface area contributed by atoms with E-state index in [1.165, 1.54) is 0 Å². The second kappa shape index (κ2) is 7.64. The quantitative estimate of drug-likeness (QED) is 0.840. The van der Waals surface area contributed by atoms with E-state index in [4.69, 9.17) is 21.1 Å². The highest BCUT2D eigenvalue weighted by Crippen LogP contribution is 2.35. The third-order valence-corrected chi connectivity index (χ3v) is 4.01. The van der Waals surface area contributed by atoms with E-state index in [9.17, 15) is 0 Å². The van der Waals surface area contributed by atoms with Crippen molar-refractivity contribution < 1.29 is 9.47 Å². The van der Waals surface area contributed by atoms with Crippen LogP contribution in [0.25, 0.3) is 0 Å². The van der Waals surface area contributed by atoms with Crippen LogP contribution in [0.2, 0.25) is 5.02 Å². The van der Waals surface area contributed by atoms with Gasteiger partial charge in [-0.3, -0.25) is 0 Å². The van der Waals surface area contributed by atoms with Gasteiger partial charge < -0.3 is 14.8 Å². The average molecular weight is 327 g/mol. The summed E-state index contributed by atoms with van der Waals surface area (Å²) in [5.74, 6) is 1.38. The van der Waals surface area contributed by atoms with Crippen LogP contribution >= 0.6 is 22.9 Å². The number of halogens is 1. The smallest absolute Gasteiger partial charge is 0.166 e. The Labute approximate surface area is 134 Å². The Balaban J connectivity index is 2.21. The number of nitrogens with zero attached hydrogens (tertiary/aromatic N) is 1. The summed E-state index contributed by atoms with van der Waals surface area (Å²) in [4.78, 5) is 5.31. The summed E-state index contributed by atoms with van der Waals surface area (Å²) in [5.41, 5.74) is 0.988. The number of rotatable bonds is 7. The first-order chi connectivity index (χ1) is 10.1. The molecule has 1 aromatic carbocycles. The van der Waals surface area contributed by atoms with Crippen LogP contribution < -0.4 is 14.8 Å². The minimum atomic E-state index is 0.475. The van der Waals surface area contributed by atoms with Gasteiger partial charge in [-0.25, -0.2) is 4.98 Å². The van der Waals surface area contributed by atoms with E-state index in [1.54, 1.807) is 24.5 Å². The lowest BCUT2D eigenvalue weighted by molar-refractivity contribution is 0.283. The van der Waals surface area contributed by atoms with Gasteiger partial charge in [-0.05, 0) is 19.5 Å². The summed E-state index contributed by atoms with van der Waals surface area (Å²) in [5, 5.41) is 4.95. The molecule has 0 aliphatic rings. The van der Waals surface area contributed by atoms with E-state index in [0.29, 0.717) is 23.9 Å². The summed E-state index contributed by atoms with van der Waals surface area (Å²) in [6, 6.07) is 3.67. The molecule has 0 radical (unpaired) electrons. The van der Waals surface area contributed by atoms with Crippen LogP contribution in [0.3, 0.4) is 0 Å². The zero-order chi connectivity index (χ0) is 15.2. The Morgan fingerprint density at radius 2 is 2.19 bits per heavy atom. The molecule has 0 saturated carbocycles. The molecule has 0 unspecified atom stereocenters. The lowest BCUT2D eigenvalue weighted by Gasteiger charge is -2.15. The van der Waals surface area contributed by atoms with Crippen LogP contribution in [0.4, 0.5) is 0 Å². The van der Waals surface area contributed by atoms with Crippen molar-refractivity contribution in [3.05, 3.63) is 38.8 Å². The molecule has 21 heavy (non-hydrogen) atoms. The number of benzene rings is 1. The third kappa shape index (κ3) is 4.33. The number of ether oxygens (including phenoxy) is 2. The molecule has 0 amide bonds. The maximum Gasteiger partial charge on any atom is 0.166 e. The largest absolute Gasteiger partial charge is 0.493 e. The molecule has 0 atom stereocenters. The number of hydrogen-bond acceptors (Lipinski definition) is 5. The number of hydrogen-bond donors (Lipinski definition) is 1. The molecule has 0 bridgehead atoms. The summed E-state index contributed by atoms with van der Waals surface area (Å²) in [6.45, 7) is 6.07. The second-order valence-corrected chi connectivity index (χ2v) is 6.27. The lowest BCUT2D eigenvalue weighted by Crippen LogP contribution is -2.13. The van der Waals surface area contributed by atoms with Crippen molar-refractivity contribution in [2.24, 2.45) is 0 Å². The number of aromatic nitrogens is 1. The Morgan fingerprint density at radius 1 is 1.38 bits per heavy atom. The number of thiazole rings is 1. The number of nitrogens with one attached hydrogen (secondary N) is 1. The molecule has 0 spiro atoms. The fraction of sp³-hybridized carbons (Fsp3) is 0.400. The first-order valence-electron chi connectivity index (χ1n) is 6.75. The Kier molecular flexibility index (Phi) is 5.85. The maximum atomic E-state index is 6.13. The van der Waals surface area contributed by atoms with Gasteiger partial charge in [0.25, 0.3) is 0 Å². The van der Waals surface area contributed by atoms with Crippen LogP contribution in [0.1, 0.15) is 22.4 Å².